The first-order valence-electron chi connectivity index (χ1n) is 7.65. The van der Waals surface area contributed by atoms with Gasteiger partial charge in [-0.15, -0.1) is 33.4 Å². The monoisotopic (exact) mass is 379 g/mol. The molecule has 7 heteroatoms. The SMILES string of the molecule is ClC1(Cl)C[C@@H]1CSc1nnc(-c2ccco2)n1Cc1ccccc1. The van der Waals surface area contributed by atoms with Crippen molar-refractivity contribution in [2.24, 2.45) is 5.92 Å². The van der Waals surface area contributed by atoms with E-state index in [1.165, 1.54) is 5.56 Å². The van der Waals surface area contributed by atoms with Gasteiger partial charge in [-0.3, -0.25) is 4.57 Å². The predicted molar refractivity (Wildman–Crippen MR) is 96.5 cm³/mol. The van der Waals surface area contributed by atoms with Crippen LogP contribution in [-0.4, -0.2) is 24.9 Å². The third-order valence-corrected chi connectivity index (χ3v) is 6.07. The minimum absolute atomic E-state index is 0.305. The number of hydrogen-bond acceptors (Lipinski definition) is 4. The second-order valence-electron chi connectivity index (χ2n) is 5.83. The van der Waals surface area contributed by atoms with Crippen molar-refractivity contribution >= 4 is 35.0 Å². The summed E-state index contributed by atoms with van der Waals surface area (Å²) in [6, 6.07) is 14.0. The first kappa shape index (κ1) is 16.1. The molecule has 0 amide bonds. The van der Waals surface area contributed by atoms with Gasteiger partial charge in [0, 0.05) is 11.7 Å². The second-order valence-corrected chi connectivity index (χ2v) is 8.36. The molecule has 1 aliphatic carbocycles. The Morgan fingerprint density at radius 1 is 1.17 bits per heavy atom. The molecule has 1 atom stereocenters. The van der Waals surface area contributed by atoms with Gasteiger partial charge in [0.25, 0.3) is 0 Å². The normalized spacial score (nSPS) is 18.7. The predicted octanol–water partition coefficient (Wildman–Crippen LogP) is 4.87. The quantitative estimate of drug-likeness (QED) is 0.452. The van der Waals surface area contributed by atoms with Crippen LogP contribution in [0, 0.1) is 5.92 Å². The number of hydrogen-bond donors (Lipinski definition) is 0. The highest BCUT2D eigenvalue weighted by molar-refractivity contribution is 7.99. The maximum absolute atomic E-state index is 6.12. The summed E-state index contributed by atoms with van der Waals surface area (Å²) in [6.07, 6.45) is 2.48. The Labute approximate surface area is 154 Å². The van der Waals surface area contributed by atoms with Crippen molar-refractivity contribution in [3.63, 3.8) is 0 Å². The van der Waals surface area contributed by atoms with Crippen molar-refractivity contribution in [2.75, 3.05) is 5.75 Å². The number of nitrogens with zero attached hydrogens (tertiary/aromatic N) is 3. The highest BCUT2D eigenvalue weighted by atomic mass is 35.5. The van der Waals surface area contributed by atoms with Crippen molar-refractivity contribution in [1.29, 1.82) is 0 Å². The zero-order chi connectivity index (χ0) is 16.6. The standard InChI is InChI=1S/C17H15Cl2N3OS/c18-17(19)9-13(17)11-24-16-21-20-15(14-7-4-8-23-14)22(16)10-12-5-2-1-3-6-12/h1-8,13H,9-11H2/t13-/m1/s1. The zero-order valence-corrected chi connectivity index (χ0v) is 15.1. The molecule has 1 aliphatic rings. The van der Waals surface area contributed by atoms with E-state index in [0.717, 1.165) is 23.2 Å². The van der Waals surface area contributed by atoms with Crippen molar-refractivity contribution in [3.05, 3.63) is 54.3 Å². The van der Waals surface area contributed by atoms with E-state index in [2.05, 4.69) is 26.9 Å². The summed E-state index contributed by atoms with van der Waals surface area (Å²) in [5.41, 5.74) is 1.18. The van der Waals surface area contributed by atoms with E-state index in [-0.39, 0.29) is 0 Å². The van der Waals surface area contributed by atoms with Gasteiger partial charge in [-0.2, -0.15) is 0 Å². The van der Waals surface area contributed by atoms with Crippen LogP contribution in [0.25, 0.3) is 11.6 Å². The Kier molecular flexibility index (Phi) is 4.33. The van der Waals surface area contributed by atoms with Gasteiger partial charge < -0.3 is 4.42 Å². The van der Waals surface area contributed by atoms with Crippen molar-refractivity contribution in [1.82, 2.24) is 14.8 Å². The van der Waals surface area contributed by atoms with Crippen molar-refractivity contribution in [2.45, 2.75) is 22.5 Å². The molecule has 2 heterocycles. The van der Waals surface area contributed by atoms with Gasteiger partial charge in [0.15, 0.2) is 10.9 Å². The maximum atomic E-state index is 6.12. The van der Waals surface area contributed by atoms with Gasteiger partial charge in [0.05, 0.1) is 12.8 Å². The third kappa shape index (κ3) is 3.34. The molecule has 0 N–H and O–H groups in total. The van der Waals surface area contributed by atoms with Gasteiger partial charge in [-0.1, -0.05) is 42.1 Å². The molecule has 2 aromatic heterocycles. The molecule has 0 bridgehead atoms. The van der Waals surface area contributed by atoms with Crippen LogP contribution in [0.15, 0.2) is 58.3 Å². The third-order valence-electron chi connectivity index (χ3n) is 4.01. The lowest BCUT2D eigenvalue weighted by atomic mass is 10.2. The van der Waals surface area contributed by atoms with Crippen LogP contribution in [0.5, 0.6) is 0 Å². The van der Waals surface area contributed by atoms with Crippen LogP contribution < -0.4 is 0 Å². The van der Waals surface area contributed by atoms with Gasteiger partial charge in [-0.05, 0) is 24.1 Å². The van der Waals surface area contributed by atoms with Crippen LogP contribution in [0.4, 0.5) is 0 Å². The molecule has 0 radical (unpaired) electrons. The van der Waals surface area contributed by atoms with Crippen LogP contribution in [0.1, 0.15) is 12.0 Å². The number of alkyl halides is 2. The Hall–Kier alpha value is -1.43. The van der Waals surface area contributed by atoms with Gasteiger partial charge in [0.2, 0.25) is 5.82 Å². The molecule has 24 heavy (non-hydrogen) atoms. The zero-order valence-electron chi connectivity index (χ0n) is 12.7. The topological polar surface area (TPSA) is 43.9 Å². The fourth-order valence-corrected chi connectivity index (χ4v) is 4.39. The molecule has 124 valence electrons. The summed E-state index contributed by atoms with van der Waals surface area (Å²) >= 11 is 13.9. The number of furan rings is 1. The average Bonchev–Trinajstić information content (AvgIpc) is 2.99. The Bertz CT molecular complexity index is 818. The van der Waals surface area contributed by atoms with E-state index in [0.29, 0.717) is 18.2 Å². The smallest absolute Gasteiger partial charge is 0.200 e. The van der Waals surface area contributed by atoms with E-state index >= 15 is 0 Å². The Morgan fingerprint density at radius 2 is 1.96 bits per heavy atom. The maximum Gasteiger partial charge on any atom is 0.200 e. The first-order valence-corrected chi connectivity index (χ1v) is 9.39. The molecule has 0 aliphatic heterocycles. The lowest BCUT2D eigenvalue weighted by molar-refractivity contribution is 0.569. The molecule has 1 aromatic carbocycles. The number of aromatic nitrogens is 3. The lowest BCUT2D eigenvalue weighted by Crippen LogP contribution is -2.04. The summed E-state index contributed by atoms with van der Waals surface area (Å²) in [5, 5.41) is 9.52. The highest BCUT2D eigenvalue weighted by Gasteiger charge is 2.51. The molecule has 4 rings (SSSR count). The molecular formula is C17H15Cl2N3OS. The number of halogens is 2. The fourth-order valence-electron chi connectivity index (χ4n) is 2.52. The Balaban J connectivity index is 1.61. The lowest BCUT2D eigenvalue weighted by Gasteiger charge is -2.09. The van der Waals surface area contributed by atoms with E-state index in [9.17, 15) is 0 Å². The summed E-state index contributed by atoms with van der Waals surface area (Å²) < 4.78 is 7.01. The number of thioether (sulfide) groups is 1. The number of rotatable bonds is 6. The van der Waals surface area contributed by atoms with E-state index < -0.39 is 4.33 Å². The van der Waals surface area contributed by atoms with Crippen LogP contribution >= 0.6 is 35.0 Å². The van der Waals surface area contributed by atoms with Gasteiger partial charge in [0.1, 0.15) is 4.33 Å². The largest absolute Gasteiger partial charge is 0.461 e. The number of benzene rings is 1. The fraction of sp³-hybridized carbons (Fsp3) is 0.294. The van der Waals surface area contributed by atoms with Crippen molar-refractivity contribution in [3.8, 4) is 11.6 Å². The Morgan fingerprint density at radius 3 is 2.62 bits per heavy atom. The minimum Gasteiger partial charge on any atom is -0.461 e. The minimum atomic E-state index is -0.568. The molecule has 3 aromatic rings. The van der Waals surface area contributed by atoms with Gasteiger partial charge in [-0.25, -0.2) is 0 Å². The van der Waals surface area contributed by atoms with E-state index in [4.69, 9.17) is 27.6 Å². The summed E-state index contributed by atoms with van der Waals surface area (Å²) in [7, 11) is 0. The molecule has 0 spiro atoms. The summed E-state index contributed by atoms with van der Waals surface area (Å²) in [4.78, 5) is 0. The molecule has 0 saturated heterocycles. The highest BCUT2D eigenvalue weighted by Crippen LogP contribution is 2.54. The second kappa shape index (κ2) is 6.47. The van der Waals surface area contributed by atoms with Crippen LogP contribution in [-0.2, 0) is 6.54 Å². The molecule has 0 unspecified atom stereocenters. The molecular weight excluding hydrogens is 365 g/mol. The average molecular weight is 380 g/mol. The molecule has 1 fully saturated rings. The first-order chi connectivity index (χ1) is 11.6. The summed E-state index contributed by atoms with van der Waals surface area (Å²) in [6.45, 7) is 0.684. The van der Waals surface area contributed by atoms with Gasteiger partial charge >= 0.3 is 0 Å². The molecule has 4 nitrogen and oxygen atoms in total. The van der Waals surface area contributed by atoms with E-state index in [1.54, 1.807) is 18.0 Å². The van der Waals surface area contributed by atoms with E-state index in [1.807, 2.05) is 30.3 Å². The molecule has 1 saturated carbocycles. The van der Waals surface area contributed by atoms with Crippen LogP contribution in [0.2, 0.25) is 0 Å². The van der Waals surface area contributed by atoms with Crippen LogP contribution in [0.3, 0.4) is 0 Å². The summed E-state index contributed by atoms with van der Waals surface area (Å²) in [5.74, 6) is 2.57. The van der Waals surface area contributed by atoms with Crippen molar-refractivity contribution < 1.29 is 4.42 Å².